The van der Waals surface area contributed by atoms with E-state index in [0.29, 0.717) is 23.5 Å². The third kappa shape index (κ3) is 3.69. The summed E-state index contributed by atoms with van der Waals surface area (Å²) in [5.74, 6) is 0. The molecule has 1 aliphatic rings. The number of rotatable bonds is 7. The van der Waals surface area contributed by atoms with Gasteiger partial charge in [0.15, 0.2) is 0 Å². The van der Waals surface area contributed by atoms with Crippen molar-refractivity contribution in [3.63, 3.8) is 0 Å². The summed E-state index contributed by atoms with van der Waals surface area (Å²) < 4.78 is 5.27. The van der Waals surface area contributed by atoms with Crippen LogP contribution in [0.25, 0.3) is 0 Å². The van der Waals surface area contributed by atoms with Gasteiger partial charge in [0.25, 0.3) is 0 Å². The van der Waals surface area contributed by atoms with Gasteiger partial charge in [-0.3, -0.25) is 4.90 Å². The second kappa shape index (κ2) is 6.88. The Balaban J connectivity index is 2.76. The first-order chi connectivity index (χ1) is 8.44. The Morgan fingerprint density at radius 3 is 2.56 bits per heavy atom. The lowest BCUT2D eigenvalue weighted by molar-refractivity contribution is 0.0761. The molecule has 0 aromatic heterocycles. The van der Waals surface area contributed by atoms with Crippen molar-refractivity contribution in [3.8, 4) is 0 Å². The molecule has 0 spiro atoms. The fourth-order valence-electron chi connectivity index (χ4n) is 3.36. The van der Waals surface area contributed by atoms with Crippen LogP contribution in [0, 0.1) is 5.41 Å². The smallest absolute Gasteiger partial charge is 0.0589 e. The van der Waals surface area contributed by atoms with E-state index in [4.69, 9.17) is 4.74 Å². The Morgan fingerprint density at radius 2 is 2.06 bits per heavy atom. The van der Waals surface area contributed by atoms with E-state index in [1.54, 1.807) is 7.11 Å². The molecule has 0 radical (unpaired) electrons. The summed E-state index contributed by atoms with van der Waals surface area (Å²) in [7, 11) is 1.79. The minimum Gasteiger partial charge on any atom is -0.383 e. The highest BCUT2D eigenvalue weighted by atomic mass is 16.5. The Labute approximate surface area is 113 Å². The molecule has 1 fully saturated rings. The summed E-state index contributed by atoms with van der Waals surface area (Å²) in [6.07, 6.45) is 2.61. The number of nitrogens with zero attached hydrogens (tertiary/aromatic N) is 1. The highest BCUT2D eigenvalue weighted by molar-refractivity contribution is 5.01. The van der Waals surface area contributed by atoms with Gasteiger partial charge < -0.3 is 10.1 Å². The molecule has 2 unspecified atom stereocenters. The summed E-state index contributed by atoms with van der Waals surface area (Å²) >= 11 is 0. The Hall–Kier alpha value is -0.120. The van der Waals surface area contributed by atoms with Gasteiger partial charge in [-0.05, 0) is 38.6 Å². The fourth-order valence-corrected chi connectivity index (χ4v) is 3.36. The minimum atomic E-state index is 0.404. The second-order valence-corrected chi connectivity index (χ2v) is 6.45. The maximum absolute atomic E-state index is 5.27. The van der Waals surface area contributed by atoms with E-state index in [1.165, 1.54) is 12.8 Å². The highest BCUT2D eigenvalue weighted by Gasteiger charge is 2.44. The number of hydrogen-bond donors (Lipinski definition) is 1. The lowest BCUT2D eigenvalue weighted by atomic mass is 9.86. The Morgan fingerprint density at radius 1 is 1.39 bits per heavy atom. The molecule has 3 nitrogen and oxygen atoms in total. The van der Waals surface area contributed by atoms with Crippen molar-refractivity contribution in [2.75, 3.05) is 26.8 Å². The minimum absolute atomic E-state index is 0.404. The van der Waals surface area contributed by atoms with Crippen LogP contribution in [0.5, 0.6) is 0 Å². The van der Waals surface area contributed by atoms with Crippen molar-refractivity contribution in [1.29, 1.82) is 0 Å². The molecule has 0 aliphatic heterocycles. The molecule has 0 aromatic rings. The molecule has 0 bridgehead atoms. The van der Waals surface area contributed by atoms with Gasteiger partial charge in [0.05, 0.1) is 6.61 Å². The monoisotopic (exact) mass is 256 g/mol. The zero-order valence-corrected chi connectivity index (χ0v) is 13.1. The van der Waals surface area contributed by atoms with E-state index in [0.717, 1.165) is 19.7 Å². The van der Waals surface area contributed by atoms with Gasteiger partial charge in [-0.2, -0.15) is 0 Å². The van der Waals surface area contributed by atoms with Gasteiger partial charge in [-0.25, -0.2) is 0 Å². The Kier molecular flexibility index (Phi) is 6.09. The normalized spacial score (nSPS) is 27.3. The molecule has 1 rings (SSSR count). The average molecular weight is 256 g/mol. The maximum atomic E-state index is 5.27. The molecule has 0 saturated heterocycles. The first-order valence-corrected chi connectivity index (χ1v) is 7.42. The van der Waals surface area contributed by atoms with Gasteiger partial charge in [0, 0.05) is 31.8 Å². The number of nitrogens with one attached hydrogen (secondary N) is 1. The molecule has 0 aromatic carbocycles. The van der Waals surface area contributed by atoms with Crippen molar-refractivity contribution in [2.24, 2.45) is 5.41 Å². The van der Waals surface area contributed by atoms with E-state index in [1.807, 2.05) is 0 Å². The topological polar surface area (TPSA) is 24.5 Å². The summed E-state index contributed by atoms with van der Waals surface area (Å²) in [4.78, 5) is 2.62. The molecule has 0 amide bonds. The van der Waals surface area contributed by atoms with Gasteiger partial charge in [-0.1, -0.05) is 20.8 Å². The fraction of sp³-hybridized carbons (Fsp3) is 1.00. The molecule has 1 N–H and O–H groups in total. The first-order valence-electron chi connectivity index (χ1n) is 7.42. The summed E-state index contributed by atoms with van der Waals surface area (Å²) in [6.45, 7) is 14.5. The van der Waals surface area contributed by atoms with Crippen LogP contribution in [0.2, 0.25) is 0 Å². The first kappa shape index (κ1) is 15.9. The van der Waals surface area contributed by atoms with E-state index in [-0.39, 0.29) is 0 Å². The largest absolute Gasteiger partial charge is 0.383 e. The molecular weight excluding hydrogens is 224 g/mol. The van der Waals surface area contributed by atoms with Crippen LogP contribution in [-0.2, 0) is 4.74 Å². The molecule has 0 heterocycles. The molecule has 18 heavy (non-hydrogen) atoms. The van der Waals surface area contributed by atoms with Crippen molar-refractivity contribution in [2.45, 2.75) is 65.6 Å². The zero-order chi connectivity index (χ0) is 13.8. The maximum Gasteiger partial charge on any atom is 0.0589 e. The summed E-state index contributed by atoms with van der Waals surface area (Å²) in [5.41, 5.74) is 0.404. The second-order valence-electron chi connectivity index (χ2n) is 6.45. The third-order valence-electron chi connectivity index (χ3n) is 4.38. The van der Waals surface area contributed by atoms with E-state index in [2.05, 4.69) is 44.8 Å². The molecule has 3 heteroatoms. The van der Waals surface area contributed by atoms with Gasteiger partial charge in [0.1, 0.15) is 0 Å². The van der Waals surface area contributed by atoms with Gasteiger partial charge >= 0.3 is 0 Å². The van der Waals surface area contributed by atoms with Crippen LogP contribution < -0.4 is 5.32 Å². The quantitative estimate of drug-likeness (QED) is 0.757. The standard InChI is InChI=1S/C15H32N2O/c1-7-16-14-13(8-9-15(14,4)5)17(12(2)3)10-11-18-6/h12-14,16H,7-11H2,1-6H3. The van der Waals surface area contributed by atoms with Crippen molar-refractivity contribution < 1.29 is 4.74 Å². The van der Waals surface area contributed by atoms with Crippen LogP contribution in [0.3, 0.4) is 0 Å². The van der Waals surface area contributed by atoms with Crippen LogP contribution in [0.15, 0.2) is 0 Å². The average Bonchev–Trinajstić information content (AvgIpc) is 2.57. The molecule has 108 valence electrons. The predicted octanol–water partition coefficient (Wildman–Crippen LogP) is 2.51. The third-order valence-corrected chi connectivity index (χ3v) is 4.38. The molecule has 2 atom stereocenters. The zero-order valence-electron chi connectivity index (χ0n) is 13.1. The van der Waals surface area contributed by atoms with E-state index < -0.39 is 0 Å². The molecule has 1 aliphatic carbocycles. The number of likely N-dealkylation sites (N-methyl/N-ethyl adjacent to an activating group) is 1. The SMILES string of the molecule is CCNC1C(N(CCOC)C(C)C)CCC1(C)C. The lowest BCUT2D eigenvalue weighted by Crippen LogP contribution is -2.54. The number of methoxy groups -OCH3 is 1. The van der Waals surface area contributed by atoms with Gasteiger partial charge in [0.2, 0.25) is 0 Å². The van der Waals surface area contributed by atoms with Crippen molar-refractivity contribution in [3.05, 3.63) is 0 Å². The highest BCUT2D eigenvalue weighted by Crippen LogP contribution is 2.40. The Bertz CT molecular complexity index is 241. The van der Waals surface area contributed by atoms with Crippen molar-refractivity contribution in [1.82, 2.24) is 10.2 Å². The van der Waals surface area contributed by atoms with Gasteiger partial charge in [-0.15, -0.1) is 0 Å². The van der Waals surface area contributed by atoms with Crippen LogP contribution in [0.1, 0.15) is 47.5 Å². The predicted molar refractivity (Wildman–Crippen MR) is 78.0 cm³/mol. The molecular formula is C15H32N2O. The lowest BCUT2D eigenvalue weighted by Gasteiger charge is -2.39. The van der Waals surface area contributed by atoms with Crippen molar-refractivity contribution >= 4 is 0 Å². The molecule has 1 saturated carbocycles. The summed E-state index contributed by atoms with van der Waals surface area (Å²) in [5, 5.41) is 3.71. The van der Waals surface area contributed by atoms with Crippen LogP contribution in [0.4, 0.5) is 0 Å². The van der Waals surface area contributed by atoms with E-state index in [9.17, 15) is 0 Å². The van der Waals surface area contributed by atoms with Crippen LogP contribution >= 0.6 is 0 Å². The summed E-state index contributed by atoms with van der Waals surface area (Å²) in [6, 6.07) is 1.83. The number of ether oxygens (including phenoxy) is 1. The number of hydrogen-bond acceptors (Lipinski definition) is 3. The van der Waals surface area contributed by atoms with Crippen LogP contribution in [-0.4, -0.2) is 49.8 Å². The van der Waals surface area contributed by atoms with E-state index >= 15 is 0 Å².